The maximum atomic E-state index is 9.53. The fourth-order valence-electron chi connectivity index (χ4n) is 7.06. The van der Waals surface area contributed by atoms with Crippen molar-refractivity contribution in [2.45, 2.75) is 0 Å². The molecule has 56 heavy (non-hydrogen) atoms. The molecule has 2 aromatic heterocycles. The molecule has 0 saturated heterocycles. The van der Waals surface area contributed by atoms with Gasteiger partial charge >= 0.3 is 12.0 Å². The summed E-state index contributed by atoms with van der Waals surface area (Å²) in [6.07, 6.45) is 0. The van der Waals surface area contributed by atoms with E-state index in [1.54, 1.807) is 0 Å². The van der Waals surface area contributed by atoms with Crippen LogP contribution in [0.25, 0.3) is 32.3 Å². The Kier molecular flexibility index (Phi) is 8.77. The normalized spacial score (nSPS) is 10.8. The number of para-hydroxylation sites is 6. The van der Waals surface area contributed by atoms with Gasteiger partial charge in [-0.25, -0.2) is 0 Å². The van der Waals surface area contributed by atoms with E-state index in [1.807, 2.05) is 103 Å². The van der Waals surface area contributed by atoms with E-state index in [2.05, 4.69) is 119 Å². The molecule has 0 fully saturated rings. The average Bonchev–Trinajstić information content (AvgIpc) is 3.58. The fourth-order valence-corrected chi connectivity index (χ4v) is 7.06. The summed E-state index contributed by atoms with van der Waals surface area (Å²) in [7, 11) is 0. The molecule has 0 aliphatic heterocycles. The Morgan fingerprint density at radius 1 is 0.518 bits per heavy atom. The summed E-state index contributed by atoms with van der Waals surface area (Å²) in [5.41, 5.74) is 8.74. The average molecular weight is 723 g/mol. The molecule has 0 N–H and O–H groups in total. The zero-order chi connectivity index (χ0) is 37.8. The van der Waals surface area contributed by atoms with Gasteiger partial charge in [-0.1, -0.05) is 89.9 Å². The van der Waals surface area contributed by atoms with Crippen LogP contribution in [0.4, 0.5) is 40.1 Å². The Morgan fingerprint density at radius 3 is 1.41 bits per heavy atom. The first-order chi connectivity index (χ1) is 27.7. The molecule has 9 nitrogen and oxygen atoms in total. The third-order valence-corrected chi connectivity index (χ3v) is 9.42. The molecule has 0 radical (unpaired) electrons. The minimum Gasteiger partial charge on any atom is -0.411 e. The van der Waals surface area contributed by atoms with Crippen LogP contribution in [0.1, 0.15) is 5.82 Å². The first kappa shape index (κ1) is 33.6. The minimum absolute atomic E-state index is 0.136. The number of hydrogen-bond acceptors (Lipinski definition) is 7. The largest absolute Gasteiger partial charge is 0.411 e. The predicted molar refractivity (Wildman–Crippen MR) is 221 cm³/mol. The van der Waals surface area contributed by atoms with Crippen LogP contribution in [0, 0.1) is 17.9 Å². The van der Waals surface area contributed by atoms with Gasteiger partial charge < -0.3 is 23.9 Å². The van der Waals surface area contributed by atoms with Gasteiger partial charge in [0.15, 0.2) is 11.8 Å². The number of anilines is 6. The standard InChI is InChI=1S/C47H30N8O/c1-49-46-50-45(32-48)51-47(52-46)56-44-25-15-14-24-43(44)55-41-28-26-37(53(33-16-6-2-7-17-33)34-18-8-3-9-19-34)30-39(41)40-31-38(27-29-42(40)55)54(35-20-10-4-11-21-35)36-22-12-5-13-23-36/h2-31H. The van der Waals surface area contributed by atoms with E-state index in [0.717, 1.165) is 61.6 Å². The summed E-state index contributed by atoms with van der Waals surface area (Å²) in [6, 6.07) is 63.8. The van der Waals surface area contributed by atoms with Crippen LogP contribution >= 0.6 is 0 Å². The second-order valence-electron chi connectivity index (χ2n) is 12.8. The van der Waals surface area contributed by atoms with Crippen LogP contribution in [-0.2, 0) is 0 Å². The van der Waals surface area contributed by atoms with Gasteiger partial charge in [-0.15, -0.1) is 16.5 Å². The van der Waals surface area contributed by atoms with Crippen molar-refractivity contribution in [3.05, 3.63) is 199 Å². The topological polar surface area (TPSA) is 87.5 Å². The maximum absolute atomic E-state index is 9.53. The molecule has 0 spiro atoms. The summed E-state index contributed by atoms with van der Waals surface area (Å²) in [5.74, 6) is 0.0257. The van der Waals surface area contributed by atoms with Gasteiger partial charge in [0.05, 0.1) is 16.7 Å². The third-order valence-electron chi connectivity index (χ3n) is 9.42. The van der Waals surface area contributed by atoms with E-state index in [4.69, 9.17) is 11.3 Å². The Hall–Kier alpha value is -8.27. The van der Waals surface area contributed by atoms with Gasteiger partial charge in [-0.05, 0) is 97.1 Å². The molecule has 0 atom stereocenters. The number of nitriles is 1. The number of aromatic nitrogens is 4. The fraction of sp³-hybridized carbons (Fsp3) is 0. The molecular formula is C47H30N8O. The van der Waals surface area contributed by atoms with Gasteiger partial charge in [0, 0.05) is 44.9 Å². The number of rotatable bonds is 9. The van der Waals surface area contributed by atoms with E-state index in [1.165, 1.54) is 0 Å². The number of nitrogens with zero attached hydrogens (tertiary/aromatic N) is 8. The Bertz CT molecular complexity index is 2670. The van der Waals surface area contributed by atoms with Crippen molar-refractivity contribution >= 4 is 61.9 Å². The highest BCUT2D eigenvalue weighted by molar-refractivity contribution is 6.12. The molecule has 9 rings (SSSR count). The maximum Gasteiger partial charge on any atom is 0.389 e. The predicted octanol–water partition coefficient (Wildman–Crippen LogP) is 12.1. The molecule has 7 aromatic carbocycles. The Balaban J connectivity index is 1.29. The van der Waals surface area contributed by atoms with Crippen molar-refractivity contribution in [3.8, 4) is 23.5 Å². The molecular weight excluding hydrogens is 693 g/mol. The van der Waals surface area contributed by atoms with Crippen molar-refractivity contribution in [2.24, 2.45) is 0 Å². The van der Waals surface area contributed by atoms with Crippen molar-refractivity contribution in [3.63, 3.8) is 0 Å². The molecule has 2 heterocycles. The molecule has 0 unspecified atom stereocenters. The molecule has 0 saturated carbocycles. The van der Waals surface area contributed by atoms with Gasteiger partial charge in [0.25, 0.3) is 5.82 Å². The highest BCUT2D eigenvalue weighted by atomic mass is 16.5. The van der Waals surface area contributed by atoms with Crippen LogP contribution in [0.5, 0.6) is 11.8 Å². The second kappa shape index (κ2) is 14.6. The van der Waals surface area contributed by atoms with Gasteiger partial charge in [-0.2, -0.15) is 5.26 Å². The van der Waals surface area contributed by atoms with Crippen molar-refractivity contribution in [1.29, 1.82) is 5.26 Å². The summed E-state index contributed by atoms with van der Waals surface area (Å²) in [4.78, 5) is 20.0. The zero-order valence-corrected chi connectivity index (χ0v) is 29.8. The summed E-state index contributed by atoms with van der Waals surface area (Å²) < 4.78 is 8.44. The van der Waals surface area contributed by atoms with Crippen LogP contribution in [0.15, 0.2) is 182 Å². The lowest BCUT2D eigenvalue weighted by atomic mass is 10.1. The van der Waals surface area contributed by atoms with Crippen LogP contribution in [0.3, 0.4) is 0 Å². The lowest BCUT2D eigenvalue weighted by Crippen LogP contribution is -2.09. The number of hydrogen-bond donors (Lipinski definition) is 0. The van der Waals surface area contributed by atoms with E-state index < -0.39 is 0 Å². The molecule has 0 bridgehead atoms. The monoisotopic (exact) mass is 722 g/mol. The lowest BCUT2D eigenvalue weighted by Gasteiger charge is -2.26. The summed E-state index contributed by atoms with van der Waals surface area (Å²) >= 11 is 0. The highest BCUT2D eigenvalue weighted by Crippen LogP contribution is 2.43. The number of ether oxygens (including phenoxy) is 1. The van der Waals surface area contributed by atoms with Gasteiger partial charge in [-0.3, -0.25) is 0 Å². The Morgan fingerprint density at radius 2 is 0.964 bits per heavy atom. The van der Waals surface area contributed by atoms with E-state index in [9.17, 15) is 5.26 Å². The first-order valence-corrected chi connectivity index (χ1v) is 17.9. The molecule has 0 aliphatic carbocycles. The molecule has 0 aliphatic rings. The smallest absolute Gasteiger partial charge is 0.389 e. The van der Waals surface area contributed by atoms with Crippen molar-refractivity contribution in [1.82, 2.24) is 19.5 Å². The Labute approximate surface area is 323 Å². The van der Waals surface area contributed by atoms with E-state index in [0.29, 0.717) is 5.75 Å². The summed E-state index contributed by atoms with van der Waals surface area (Å²) in [6.45, 7) is 7.44. The van der Waals surface area contributed by atoms with E-state index in [-0.39, 0.29) is 17.8 Å². The first-order valence-electron chi connectivity index (χ1n) is 17.9. The minimum atomic E-state index is -0.219. The number of benzene rings is 7. The molecule has 9 aromatic rings. The summed E-state index contributed by atoms with van der Waals surface area (Å²) in [5, 5.41) is 11.6. The van der Waals surface area contributed by atoms with Crippen LogP contribution in [-0.4, -0.2) is 19.5 Å². The van der Waals surface area contributed by atoms with Crippen LogP contribution in [0.2, 0.25) is 0 Å². The van der Waals surface area contributed by atoms with Gasteiger partial charge in [0.2, 0.25) is 0 Å². The zero-order valence-electron chi connectivity index (χ0n) is 29.8. The van der Waals surface area contributed by atoms with Crippen LogP contribution < -0.4 is 14.5 Å². The quantitative estimate of drug-likeness (QED) is 0.137. The molecule has 264 valence electrons. The third kappa shape index (κ3) is 6.28. The SMILES string of the molecule is [C-]#[N+]c1nc(C#N)nc(Oc2ccccc2-n2c3ccc(N(c4ccccc4)c4ccccc4)cc3c3cc(N(c4ccccc4)c4ccccc4)ccc32)n1. The van der Waals surface area contributed by atoms with E-state index >= 15 is 0 Å². The van der Waals surface area contributed by atoms with Crippen molar-refractivity contribution in [2.75, 3.05) is 9.80 Å². The second-order valence-corrected chi connectivity index (χ2v) is 12.8. The number of fused-ring (bicyclic) bond motifs is 3. The van der Waals surface area contributed by atoms with Gasteiger partial charge in [0.1, 0.15) is 0 Å². The molecule has 9 heteroatoms. The lowest BCUT2D eigenvalue weighted by molar-refractivity contribution is 0.438. The molecule has 0 amide bonds. The highest BCUT2D eigenvalue weighted by Gasteiger charge is 2.22. The van der Waals surface area contributed by atoms with Crippen molar-refractivity contribution < 1.29 is 4.74 Å².